The maximum absolute atomic E-state index is 4.36. The molecular formula is C20H18S. The standard InChI is InChI=1S/C20H18S/c1-14-6-3-4-7-18(14)20-9-5-8-19(15(20)2)16-10-12-17(21)13-11-16/h3-13,21H,1-2H3. The van der Waals surface area contributed by atoms with Gasteiger partial charge in [-0.15, -0.1) is 12.6 Å². The first-order valence-corrected chi connectivity index (χ1v) is 7.56. The van der Waals surface area contributed by atoms with E-state index < -0.39 is 0 Å². The first-order chi connectivity index (χ1) is 10.2. The van der Waals surface area contributed by atoms with Gasteiger partial charge in [0.05, 0.1) is 0 Å². The van der Waals surface area contributed by atoms with E-state index in [1.165, 1.54) is 33.4 Å². The zero-order valence-electron chi connectivity index (χ0n) is 12.3. The minimum absolute atomic E-state index is 0.992. The molecule has 0 saturated heterocycles. The predicted molar refractivity (Wildman–Crippen MR) is 94.0 cm³/mol. The molecule has 3 aromatic carbocycles. The summed E-state index contributed by atoms with van der Waals surface area (Å²) < 4.78 is 0. The van der Waals surface area contributed by atoms with Crippen LogP contribution in [0.4, 0.5) is 0 Å². The van der Waals surface area contributed by atoms with E-state index in [-0.39, 0.29) is 0 Å². The lowest BCUT2D eigenvalue weighted by atomic mass is 9.91. The van der Waals surface area contributed by atoms with Gasteiger partial charge in [-0.2, -0.15) is 0 Å². The van der Waals surface area contributed by atoms with E-state index in [0.29, 0.717) is 0 Å². The minimum Gasteiger partial charge on any atom is -0.143 e. The lowest BCUT2D eigenvalue weighted by molar-refractivity contribution is 1.39. The van der Waals surface area contributed by atoms with E-state index in [1.54, 1.807) is 0 Å². The molecule has 0 aromatic heterocycles. The van der Waals surface area contributed by atoms with Gasteiger partial charge in [0.15, 0.2) is 0 Å². The highest BCUT2D eigenvalue weighted by Gasteiger charge is 2.09. The van der Waals surface area contributed by atoms with Gasteiger partial charge in [-0.05, 0) is 59.4 Å². The van der Waals surface area contributed by atoms with Gasteiger partial charge < -0.3 is 0 Å². The van der Waals surface area contributed by atoms with Crippen LogP contribution in [-0.4, -0.2) is 0 Å². The van der Waals surface area contributed by atoms with Crippen molar-refractivity contribution in [2.75, 3.05) is 0 Å². The van der Waals surface area contributed by atoms with Crippen LogP contribution in [0.3, 0.4) is 0 Å². The van der Waals surface area contributed by atoms with Crippen molar-refractivity contribution in [1.29, 1.82) is 0 Å². The van der Waals surface area contributed by atoms with Crippen LogP contribution in [0.25, 0.3) is 22.3 Å². The topological polar surface area (TPSA) is 0 Å². The van der Waals surface area contributed by atoms with Crippen LogP contribution < -0.4 is 0 Å². The average molecular weight is 290 g/mol. The lowest BCUT2D eigenvalue weighted by Crippen LogP contribution is -1.90. The Morgan fingerprint density at radius 3 is 1.95 bits per heavy atom. The lowest BCUT2D eigenvalue weighted by Gasteiger charge is -2.14. The molecule has 0 spiro atoms. The number of aryl methyl sites for hydroxylation is 1. The third-order valence-electron chi connectivity index (χ3n) is 3.95. The molecule has 0 unspecified atom stereocenters. The van der Waals surface area contributed by atoms with Crippen molar-refractivity contribution in [2.45, 2.75) is 18.7 Å². The summed E-state index contributed by atoms with van der Waals surface area (Å²) in [6.07, 6.45) is 0. The van der Waals surface area contributed by atoms with Gasteiger partial charge in [-0.1, -0.05) is 54.6 Å². The highest BCUT2D eigenvalue weighted by Crippen LogP contribution is 2.33. The van der Waals surface area contributed by atoms with E-state index in [9.17, 15) is 0 Å². The Labute approximate surface area is 131 Å². The molecule has 21 heavy (non-hydrogen) atoms. The fraction of sp³-hybridized carbons (Fsp3) is 0.100. The molecule has 3 aromatic rings. The number of thiol groups is 1. The summed E-state index contributed by atoms with van der Waals surface area (Å²) in [5, 5.41) is 0. The van der Waals surface area contributed by atoms with Gasteiger partial charge in [-0.3, -0.25) is 0 Å². The molecule has 0 atom stereocenters. The molecular weight excluding hydrogens is 272 g/mol. The first-order valence-electron chi connectivity index (χ1n) is 7.12. The van der Waals surface area contributed by atoms with E-state index in [2.05, 4.69) is 81.1 Å². The van der Waals surface area contributed by atoms with E-state index >= 15 is 0 Å². The van der Waals surface area contributed by atoms with Crippen molar-refractivity contribution < 1.29 is 0 Å². The second-order valence-electron chi connectivity index (χ2n) is 5.34. The zero-order valence-corrected chi connectivity index (χ0v) is 13.2. The van der Waals surface area contributed by atoms with Crippen LogP contribution in [0, 0.1) is 13.8 Å². The number of hydrogen-bond acceptors (Lipinski definition) is 1. The van der Waals surface area contributed by atoms with Crippen molar-refractivity contribution in [1.82, 2.24) is 0 Å². The normalized spacial score (nSPS) is 10.6. The Balaban J connectivity index is 2.16. The number of rotatable bonds is 2. The molecule has 3 rings (SSSR count). The van der Waals surface area contributed by atoms with Crippen molar-refractivity contribution >= 4 is 12.6 Å². The van der Waals surface area contributed by atoms with E-state index in [4.69, 9.17) is 0 Å². The fourth-order valence-corrected chi connectivity index (χ4v) is 2.91. The third kappa shape index (κ3) is 2.74. The average Bonchev–Trinajstić information content (AvgIpc) is 2.50. The van der Waals surface area contributed by atoms with Crippen LogP contribution in [0.1, 0.15) is 11.1 Å². The molecule has 0 nitrogen and oxygen atoms in total. The van der Waals surface area contributed by atoms with Crippen LogP contribution in [-0.2, 0) is 0 Å². The smallest absolute Gasteiger partial charge is 0.00404 e. The first kappa shape index (κ1) is 14.0. The molecule has 0 aliphatic heterocycles. The summed E-state index contributed by atoms with van der Waals surface area (Å²) in [5.74, 6) is 0. The zero-order chi connectivity index (χ0) is 14.8. The molecule has 104 valence electrons. The Hall–Kier alpha value is -1.99. The highest BCUT2D eigenvalue weighted by atomic mass is 32.1. The summed E-state index contributed by atoms with van der Waals surface area (Å²) >= 11 is 4.36. The second kappa shape index (κ2) is 5.79. The molecule has 0 aliphatic rings. The van der Waals surface area contributed by atoms with Crippen molar-refractivity contribution in [3.05, 3.63) is 77.9 Å². The van der Waals surface area contributed by atoms with Gasteiger partial charge >= 0.3 is 0 Å². The Morgan fingerprint density at radius 1 is 0.619 bits per heavy atom. The molecule has 0 heterocycles. The van der Waals surface area contributed by atoms with Crippen molar-refractivity contribution in [3.8, 4) is 22.3 Å². The number of benzene rings is 3. The molecule has 0 amide bonds. The molecule has 0 N–H and O–H groups in total. The summed E-state index contributed by atoms with van der Waals surface area (Å²) in [7, 11) is 0. The maximum atomic E-state index is 4.36. The van der Waals surface area contributed by atoms with E-state index in [0.717, 1.165) is 4.90 Å². The van der Waals surface area contributed by atoms with Crippen molar-refractivity contribution in [2.24, 2.45) is 0 Å². The summed E-state index contributed by atoms with van der Waals surface area (Å²) in [6.45, 7) is 4.36. The molecule has 1 heteroatoms. The molecule has 0 saturated carbocycles. The largest absolute Gasteiger partial charge is 0.143 e. The Kier molecular flexibility index (Phi) is 3.85. The molecule has 0 radical (unpaired) electrons. The second-order valence-corrected chi connectivity index (χ2v) is 5.86. The van der Waals surface area contributed by atoms with Crippen LogP contribution in [0.2, 0.25) is 0 Å². The SMILES string of the molecule is Cc1ccccc1-c1cccc(-c2ccc(S)cc2)c1C. The van der Waals surface area contributed by atoms with Crippen LogP contribution in [0.15, 0.2) is 71.6 Å². The third-order valence-corrected chi connectivity index (χ3v) is 4.25. The number of hydrogen-bond donors (Lipinski definition) is 1. The fourth-order valence-electron chi connectivity index (χ4n) is 2.76. The van der Waals surface area contributed by atoms with Crippen LogP contribution in [0.5, 0.6) is 0 Å². The summed E-state index contributed by atoms with van der Waals surface area (Å²) in [4.78, 5) is 0.992. The minimum atomic E-state index is 0.992. The van der Waals surface area contributed by atoms with Gasteiger partial charge in [0.25, 0.3) is 0 Å². The monoisotopic (exact) mass is 290 g/mol. The molecule has 0 aliphatic carbocycles. The highest BCUT2D eigenvalue weighted by molar-refractivity contribution is 7.80. The van der Waals surface area contributed by atoms with Gasteiger partial charge in [0.1, 0.15) is 0 Å². The quantitative estimate of drug-likeness (QED) is 0.556. The van der Waals surface area contributed by atoms with E-state index in [1.807, 2.05) is 12.1 Å². The van der Waals surface area contributed by atoms with Gasteiger partial charge in [-0.25, -0.2) is 0 Å². The Morgan fingerprint density at radius 2 is 1.24 bits per heavy atom. The van der Waals surface area contributed by atoms with Gasteiger partial charge in [0.2, 0.25) is 0 Å². The molecule has 0 fully saturated rings. The maximum Gasteiger partial charge on any atom is 0.00404 e. The summed E-state index contributed by atoms with van der Waals surface area (Å²) in [6, 6.07) is 23.4. The Bertz CT molecular complexity index is 770. The predicted octanol–water partition coefficient (Wildman–Crippen LogP) is 5.93. The summed E-state index contributed by atoms with van der Waals surface area (Å²) in [5.41, 5.74) is 7.76. The van der Waals surface area contributed by atoms with Crippen LogP contribution >= 0.6 is 12.6 Å². The van der Waals surface area contributed by atoms with Crippen molar-refractivity contribution in [3.63, 3.8) is 0 Å². The molecule has 0 bridgehead atoms. The van der Waals surface area contributed by atoms with Gasteiger partial charge in [0, 0.05) is 4.90 Å².